The van der Waals surface area contributed by atoms with Gasteiger partial charge in [0.1, 0.15) is 5.60 Å². The van der Waals surface area contributed by atoms with Crippen LogP contribution in [0.15, 0.2) is 0 Å². The molecule has 10 heteroatoms. The number of rotatable bonds is 18. The molecule has 10 nitrogen and oxygen atoms in total. The molecule has 0 aliphatic carbocycles. The van der Waals surface area contributed by atoms with Crippen LogP contribution in [0.3, 0.4) is 0 Å². The fourth-order valence-corrected chi connectivity index (χ4v) is 2.13. The predicted octanol–water partition coefficient (Wildman–Crippen LogP) is 1.02. The fraction of sp³-hybridized carbons (Fsp3) is 0.842. The lowest BCUT2D eigenvalue weighted by Crippen LogP contribution is -2.32. The maximum Gasteiger partial charge on any atom is 0.308 e. The van der Waals surface area contributed by atoms with Gasteiger partial charge in [0.25, 0.3) is 0 Å². The average Bonchev–Trinajstić information content (AvgIpc) is 2.59. The maximum absolute atomic E-state index is 11.5. The van der Waals surface area contributed by atoms with Crippen LogP contribution in [-0.4, -0.2) is 97.9 Å². The van der Waals surface area contributed by atoms with Gasteiger partial charge in [0.15, 0.2) is 0 Å². The van der Waals surface area contributed by atoms with Crippen molar-refractivity contribution in [2.24, 2.45) is 0 Å². The van der Waals surface area contributed by atoms with E-state index in [-0.39, 0.29) is 44.9 Å². The second-order valence-electron chi connectivity index (χ2n) is 7.30. The predicted molar refractivity (Wildman–Crippen MR) is 104 cm³/mol. The number of esters is 1. The van der Waals surface area contributed by atoms with E-state index in [0.29, 0.717) is 39.6 Å². The topological polar surface area (TPSA) is 132 Å². The third-order valence-electron chi connectivity index (χ3n) is 3.45. The van der Waals surface area contributed by atoms with Gasteiger partial charge in [-0.1, -0.05) is 0 Å². The van der Waals surface area contributed by atoms with E-state index in [1.54, 1.807) is 4.90 Å². The molecule has 0 spiro atoms. The van der Waals surface area contributed by atoms with Gasteiger partial charge in [0, 0.05) is 19.6 Å². The van der Waals surface area contributed by atoms with E-state index in [0.717, 1.165) is 0 Å². The van der Waals surface area contributed by atoms with Crippen LogP contribution in [0.2, 0.25) is 0 Å². The molecule has 0 atom stereocenters. The van der Waals surface area contributed by atoms with E-state index >= 15 is 0 Å². The zero-order valence-corrected chi connectivity index (χ0v) is 17.7. The molecule has 0 heterocycles. The van der Waals surface area contributed by atoms with Crippen LogP contribution in [0, 0.1) is 0 Å². The van der Waals surface area contributed by atoms with Gasteiger partial charge < -0.3 is 29.2 Å². The summed E-state index contributed by atoms with van der Waals surface area (Å²) >= 11 is 0. The molecule has 0 aromatic carbocycles. The molecule has 0 aliphatic rings. The van der Waals surface area contributed by atoms with Crippen molar-refractivity contribution in [2.75, 3.05) is 59.3 Å². The highest BCUT2D eigenvalue weighted by molar-refractivity contribution is 5.70. The second-order valence-corrected chi connectivity index (χ2v) is 7.30. The van der Waals surface area contributed by atoms with E-state index in [1.165, 1.54) is 0 Å². The van der Waals surface area contributed by atoms with Crippen LogP contribution in [0.25, 0.3) is 0 Å². The van der Waals surface area contributed by atoms with Gasteiger partial charge in [-0.15, -0.1) is 0 Å². The van der Waals surface area contributed by atoms with Crippen molar-refractivity contribution in [2.45, 2.75) is 45.6 Å². The lowest BCUT2D eigenvalue weighted by atomic mass is 10.2. The van der Waals surface area contributed by atoms with E-state index < -0.39 is 17.5 Å². The molecule has 0 saturated carbocycles. The van der Waals surface area contributed by atoms with Crippen molar-refractivity contribution >= 4 is 17.9 Å². The van der Waals surface area contributed by atoms with E-state index in [4.69, 9.17) is 29.2 Å². The number of ether oxygens (including phenoxy) is 4. The Kier molecular flexibility index (Phi) is 15.1. The van der Waals surface area contributed by atoms with E-state index in [1.807, 2.05) is 20.8 Å². The minimum Gasteiger partial charge on any atom is -0.481 e. The molecule has 170 valence electrons. The van der Waals surface area contributed by atoms with Crippen molar-refractivity contribution in [3.8, 4) is 0 Å². The Morgan fingerprint density at radius 2 is 1.14 bits per heavy atom. The standard InChI is InChI=1S/C19H35NO9/c1-19(2,3)29-18(25)6-10-26-12-14-28-15-13-27-11-9-20(7-4-16(21)22)8-5-17(23)24/h4-15H2,1-3H3,(H,21,22)(H,23,24). The molecule has 0 radical (unpaired) electrons. The van der Waals surface area contributed by atoms with Crippen LogP contribution in [-0.2, 0) is 33.3 Å². The summed E-state index contributed by atoms with van der Waals surface area (Å²) in [6.07, 6.45) is 0.105. The molecule has 0 aliphatic heterocycles. The molecule has 0 amide bonds. The first-order valence-electron chi connectivity index (χ1n) is 9.71. The SMILES string of the molecule is CC(C)(C)OC(=O)CCOCCOCCOCCN(CCC(=O)O)CCC(=O)O. The van der Waals surface area contributed by atoms with Crippen molar-refractivity contribution in [3.63, 3.8) is 0 Å². The van der Waals surface area contributed by atoms with Crippen molar-refractivity contribution < 1.29 is 43.5 Å². The van der Waals surface area contributed by atoms with Gasteiger partial charge in [-0.2, -0.15) is 0 Å². The van der Waals surface area contributed by atoms with Crippen LogP contribution in [0.1, 0.15) is 40.0 Å². The lowest BCUT2D eigenvalue weighted by Gasteiger charge is -2.20. The Bertz CT molecular complexity index is 459. The summed E-state index contributed by atoms with van der Waals surface area (Å²) in [6.45, 7) is 8.56. The molecule has 0 bridgehead atoms. The summed E-state index contributed by atoms with van der Waals surface area (Å²) in [5.74, 6) is -2.14. The Hall–Kier alpha value is -1.75. The van der Waals surface area contributed by atoms with Crippen LogP contribution < -0.4 is 0 Å². The molecular weight excluding hydrogens is 386 g/mol. The summed E-state index contributed by atoms with van der Waals surface area (Å²) in [5, 5.41) is 17.5. The molecule has 29 heavy (non-hydrogen) atoms. The molecule has 0 aromatic heterocycles. The highest BCUT2D eigenvalue weighted by Crippen LogP contribution is 2.08. The number of nitrogens with zero attached hydrogens (tertiary/aromatic N) is 1. The number of carbonyl (C=O) groups is 3. The first-order chi connectivity index (χ1) is 13.6. The molecular formula is C19H35NO9. The average molecular weight is 421 g/mol. The highest BCUT2D eigenvalue weighted by atomic mass is 16.6. The van der Waals surface area contributed by atoms with Gasteiger partial charge in [-0.05, 0) is 20.8 Å². The number of hydrogen-bond donors (Lipinski definition) is 2. The summed E-state index contributed by atoms with van der Waals surface area (Å²) in [6, 6.07) is 0. The third-order valence-corrected chi connectivity index (χ3v) is 3.45. The van der Waals surface area contributed by atoms with Crippen LogP contribution in [0.4, 0.5) is 0 Å². The van der Waals surface area contributed by atoms with Gasteiger partial charge in [0.2, 0.25) is 0 Å². The molecule has 2 N–H and O–H groups in total. The van der Waals surface area contributed by atoms with Crippen LogP contribution >= 0.6 is 0 Å². The first kappa shape index (κ1) is 27.2. The quantitative estimate of drug-likeness (QED) is 0.244. The minimum atomic E-state index is -0.923. The Morgan fingerprint density at radius 3 is 1.59 bits per heavy atom. The monoisotopic (exact) mass is 421 g/mol. The van der Waals surface area contributed by atoms with Crippen molar-refractivity contribution in [1.29, 1.82) is 0 Å². The van der Waals surface area contributed by atoms with E-state index in [2.05, 4.69) is 0 Å². The number of carboxylic acid groups (broad SMARTS) is 2. The maximum atomic E-state index is 11.5. The van der Waals surface area contributed by atoms with Gasteiger partial charge >= 0.3 is 17.9 Å². The zero-order valence-electron chi connectivity index (χ0n) is 17.7. The summed E-state index contributed by atoms with van der Waals surface area (Å²) in [4.78, 5) is 34.5. The largest absolute Gasteiger partial charge is 0.481 e. The first-order valence-corrected chi connectivity index (χ1v) is 9.71. The highest BCUT2D eigenvalue weighted by Gasteiger charge is 2.15. The van der Waals surface area contributed by atoms with Gasteiger partial charge in [0.05, 0.1) is 58.9 Å². The fourth-order valence-electron chi connectivity index (χ4n) is 2.13. The summed E-state index contributed by atoms with van der Waals surface area (Å²) < 4.78 is 21.2. The number of carboxylic acids is 2. The Balaban J connectivity index is 3.60. The van der Waals surface area contributed by atoms with Gasteiger partial charge in [-0.25, -0.2) is 0 Å². The Morgan fingerprint density at radius 1 is 0.690 bits per heavy atom. The third kappa shape index (κ3) is 20.8. The summed E-state index contributed by atoms with van der Waals surface area (Å²) in [5.41, 5.74) is -0.496. The summed E-state index contributed by atoms with van der Waals surface area (Å²) in [7, 11) is 0. The normalized spacial score (nSPS) is 11.6. The smallest absolute Gasteiger partial charge is 0.308 e. The Labute approximate surface area is 172 Å². The molecule has 0 saturated heterocycles. The van der Waals surface area contributed by atoms with Crippen molar-refractivity contribution in [3.05, 3.63) is 0 Å². The van der Waals surface area contributed by atoms with Gasteiger partial charge in [-0.3, -0.25) is 19.3 Å². The molecule has 0 unspecified atom stereocenters. The number of aliphatic carboxylic acids is 2. The number of hydrogen-bond acceptors (Lipinski definition) is 8. The lowest BCUT2D eigenvalue weighted by molar-refractivity contribution is -0.156. The van der Waals surface area contributed by atoms with Crippen LogP contribution in [0.5, 0.6) is 0 Å². The minimum absolute atomic E-state index is 0.0450. The molecule has 0 fully saturated rings. The van der Waals surface area contributed by atoms with E-state index in [9.17, 15) is 14.4 Å². The molecule has 0 aromatic rings. The zero-order chi connectivity index (χ0) is 22.1. The van der Waals surface area contributed by atoms with Crippen molar-refractivity contribution in [1.82, 2.24) is 4.90 Å². The number of carbonyl (C=O) groups excluding carboxylic acids is 1. The second kappa shape index (κ2) is 16.1. The molecule has 0 rings (SSSR count).